The van der Waals surface area contributed by atoms with Crippen molar-refractivity contribution in [3.8, 4) is 17.2 Å². The Morgan fingerprint density at radius 2 is 1.73 bits per heavy atom. The molecule has 0 spiro atoms. The zero-order valence-corrected chi connectivity index (χ0v) is 12.4. The molecule has 2 aromatic carbocycles. The lowest BCUT2D eigenvalue weighted by molar-refractivity contribution is 0.174. The first kappa shape index (κ1) is 13.3. The average Bonchev–Trinajstić information content (AvgIpc) is 3.02. The maximum atomic E-state index is 12.9. The first-order valence-corrected chi connectivity index (χ1v) is 8.24. The first-order chi connectivity index (χ1) is 10.7. The molecule has 114 valence electrons. The zero-order chi connectivity index (χ0) is 15.2. The maximum Gasteiger partial charge on any atom is 0.264 e. The van der Waals surface area contributed by atoms with Crippen molar-refractivity contribution in [3.63, 3.8) is 0 Å². The molecule has 0 saturated heterocycles. The van der Waals surface area contributed by atoms with Gasteiger partial charge in [-0.15, -0.1) is 0 Å². The molecule has 0 aliphatic carbocycles. The molecule has 2 heterocycles. The summed E-state index contributed by atoms with van der Waals surface area (Å²) in [6.07, 6.45) is 0. The van der Waals surface area contributed by atoms with Gasteiger partial charge in [0.1, 0.15) is 12.4 Å². The quantitative estimate of drug-likeness (QED) is 0.847. The molecule has 0 fully saturated rings. The maximum absolute atomic E-state index is 12.9. The highest BCUT2D eigenvalue weighted by Gasteiger charge is 2.31. The van der Waals surface area contributed by atoms with Crippen LogP contribution >= 0.6 is 0 Å². The van der Waals surface area contributed by atoms with E-state index in [-0.39, 0.29) is 18.2 Å². The van der Waals surface area contributed by atoms with Crippen molar-refractivity contribution in [2.75, 3.05) is 24.2 Å². The van der Waals surface area contributed by atoms with Gasteiger partial charge in [-0.1, -0.05) is 12.1 Å². The summed E-state index contributed by atoms with van der Waals surface area (Å²) in [6.45, 7) is 0.702. The highest BCUT2D eigenvalue weighted by atomic mass is 32.2. The van der Waals surface area contributed by atoms with Crippen molar-refractivity contribution in [3.05, 3.63) is 42.5 Å². The predicted molar refractivity (Wildman–Crippen MR) is 79.0 cm³/mol. The van der Waals surface area contributed by atoms with E-state index in [1.54, 1.807) is 24.3 Å². The summed E-state index contributed by atoms with van der Waals surface area (Å²) in [6, 6.07) is 11.7. The van der Waals surface area contributed by atoms with Gasteiger partial charge in [0.25, 0.3) is 10.0 Å². The fraction of sp³-hybridized carbons (Fsp3) is 0.200. The van der Waals surface area contributed by atoms with Crippen LogP contribution < -0.4 is 18.5 Å². The van der Waals surface area contributed by atoms with E-state index in [2.05, 4.69) is 0 Å². The number of para-hydroxylation sites is 2. The molecular formula is C15H13NO5S. The van der Waals surface area contributed by atoms with Gasteiger partial charge in [0.15, 0.2) is 11.5 Å². The van der Waals surface area contributed by atoms with Crippen molar-refractivity contribution < 1.29 is 22.6 Å². The Morgan fingerprint density at radius 3 is 2.64 bits per heavy atom. The molecule has 0 unspecified atom stereocenters. The summed E-state index contributed by atoms with van der Waals surface area (Å²) < 4.78 is 43.2. The summed E-state index contributed by atoms with van der Waals surface area (Å²) in [5.74, 6) is 1.57. The normalized spacial score (nSPS) is 16.1. The number of ether oxygens (including phenoxy) is 3. The van der Waals surface area contributed by atoms with Gasteiger partial charge in [0.05, 0.1) is 17.1 Å². The molecule has 22 heavy (non-hydrogen) atoms. The number of nitrogens with zero attached hydrogens (tertiary/aromatic N) is 1. The summed E-state index contributed by atoms with van der Waals surface area (Å²) in [4.78, 5) is 0.174. The third kappa shape index (κ3) is 1.97. The molecule has 4 rings (SSSR count). The van der Waals surface area contributed by atoms with Crippen LogP contribution in [0.4, 0.5) is 5.69 Å². The van der Waals surface area contributed by atoms with Gasteiger partial charge in [0.2, 0.25) is 6.79 Å². The molecule has 0 amide bonds. The van der Waals surface area contributed by atoms with Gasteiger partial charge in [-0.3, -0.25) is 4.31 Å². The van der Waals surface area contributed by atoms with Crippen molar-refractivity contribution >= 4 is 15.7 Å². The molecule has 0 aromatic heterocycles. The Bertz CT molecular complexity index is 834. The third-order valence-electron chi connectivity index (χ3n) is 3.62. The minimum atomic E-state index is -3.68. The van der Waals surface area contributed by atoms with E-state index < -0.39 is 10.0 Å². The lowest BCUT2D eigenvalue weighted by atomic mass is 10.2. The van der Waals surface area contributed by atoms with Crippen LogP contribution in [0, 0.1) is 0 Å². The van der Waals surface area contributed by atoms with Crippen molar-refractivity contribution in [2.24, 2.45) is 0 Å². The molecule has 2 aliphatic heterocycles. The van der Waals surface area contributed by atoms with Crippen molar-refractivity contribution in [1.29, 1.82) is 0 Å². The monoisotopic (exact) mass is 319 g/mol. The molecule has 0 bridgehead atoms. The minimum absolute atomic E-state index is 0.110. The van der Waals surface area contributed by atoms with Gasteiger partial charge in [-0.25, -0.2) is 8.42 Å². The molecule has 0 atom stereocenters. The van der Waals surface area contributed by atoms with E-state index in [4.69, 9.17) is 14.2 Å². The van der Waals surface area contributed by atoms with Crippen molar-refractivity contribution in [1.82, 2.24) is 0 Å². The van der Waals surface area contributed by atoms with E-state index in [0.29, 0.717) is 29.5 Å². The zero-order valence-electron chi connectivity index (χ0n) is 11.6. The van der Waals surface area contributed by atoms with E-state index in [1.807, 2.05) is 6.07 Å². The van der Waals surface area contributed by atoms with Crippen LogP contribution in [0.25, 0.3) is 0 Å². The number of sulfonamides is 1. The van der Waals surface area contributed by atoms with Gasteiger partial charge >= 0.3 is 0 Å². The predicted octanol–water partition coefficient (Wildman–Crippen LogP) is 2.00. The second kappa shape index (κ2) is 4.81. The van der Waals surface area contributed by atoms with Crippen LogP contribution in [0.3, 0.4) is 0 Å². The molecule has 0 radical (unpaired) electrons. The molecule has 6 nitrogen and oxygen atoms in total. The smallest absolute Gasteiger partial charge is 0.264 e. The number of anilines is 1. The van der Waals surface area contributed by atoms with E-state index >= 15 is 0 Å². The largest absolute Gasteiger partial charge is 0.489 e. The Labute approximate surface area is 127 Å². The first-order valence-electron chi connectivity index (χ1n) is 6.80. The summed E-state index contributed by atoms with van der Waals surface area (Å²) in [5, 5.41) is 0. The third-order valence-corrected chi connectivity index (χ3v) is 5.43. The molecule has 7 heteroatoms. The second-order valence-corrected chi connectivity index (χ2v) is 6.77. The molecule has 2 aromatic rings. The number of fused-ring (bicyclic) bond motifs is 2. The van der Waals surface area contributed by atoms with E-state index in [0.717, 1.165) is 0 Å². The minimum Gasteiger partial charge on any atom is -0.489 e. The van der Waals surface area contributed by atoms with E-state index in [9.17, 15) is 8.42 Å². The summed E-state index contributed by atoms with van der Waals surface area (Å²) in [7, 11) is -3.68. The number of benzene rings is 2. The molecule has 0 saturated carbocycles. The standard InChI is InChI=1S/C15H13NO5S/c17-22(18,11-5-6-14-15(9-11)21-10-20-14)16-7-8-19-13-4-2-1-3-12(13)16/h1-6,9H,7-8,10H2. The highest BCUT2D eigenvalue weighted by molar-refractivity contribution is 7.92. The number of hydrogen-bond acceptors (Lipinski definition) is 5. The summed E-state index contributed by atoms with van der Waals surface area (Å²) >= 11 is 0. The number of rotatable bonds is 2. The Hall–Kier alpha value is -2.41. The lowest BCUT2D eigenvalue weighted by Crippen LogP contribution is -2.37. The van der Waals surface area contributed by atoms with Gasteiger partial charge < -0.3 is 14.2 Å². The SMILES string of the molecule is O=S(=O)(c1ccc2c(c1)OCO2)N1CCOc2ccccc21. The van der Waals surface area contributed by atoms with Gasteiger partial charge in [0, 0.05) is 6.07 Å². The fourth-order valence-electron chi connectivity index (χ4n) is 2.56. The van der Waals surface area contributed by atoms with E-state index in [1.165, 1.54) is 16.4 Å². The van der Waals surface area contributed by atoms with Crippen LogP contribution in [0.5, 0.6) is 17.2 Å². The van der Waals surface area contributed by atoms with Crippen LogP contribution in [0.1, 0.15) is 0 Å². The molecule has 2 aliphatic rings. The Balaban J connectivity index is 1.79. The lowest BCUT2D eigenvalue weighted by Gasteiger charge is -2.30. The van der Waals surface area contributed by atoms with Crippen molar-refractivity contribution in [2.45, 2.75) is 4.90 Å². The van der Waals surface area contributed by atoms with Crippen LogP contribution in [-0.4, -0.2) is 28.4 Å². The van der Waals surface area contributed by atoms with Gasteiger partial charge in [-0.05, 0) is 24.3 Å². The van der Waals surface area contributed by atoms with Crippen LogP contribution in [0.2, 0.25) is 0 Å². The fourth-order valence-corrected chi connectivity index (χ4v) is 4.03. The topological polar surface area (TPSA) is 65.1 Å². The second-order valence-electron chi connectivity index (χ2n) is 4.91. The van der Waals surface area contributed by atoms with Crippen LogP contribution in [0.15, 0.2) is 47.4 Å². The molecule has 0 N–H and O–H groups in total. The Kier molecular flexibility index (Phi) is 2.90. The summed E-state index contributed by atoms with van der Waals surface area (Å²) in [5.41, 5.74) is 0.548. The highest BCUT2D eigenvalue weighted by Crippen LogP contribution is 2.38. The Morgan fingerprint density at radius 1 is 0.909 bits per heavy atom. The number of hydrogen-bond donors (Lipinski definition) is 0. The van der Waals surface area contributed by atoms with Gasteiger partial charge in [-0.2, -0.15) is 0 Å². The average molecular weight is 319 g/mol. The van der Waals surface area contributed by atoms with Crippen LogP contribution in [-0.2, 0) is 10.0 Å². The molecular weight excluding hydrogens is 306 g/mol.